The predicted molar refractivity (Wildman–Crippen MR) is 31.7 cm³/mol. The third-order valence-electron chi connectivity index (χ3n) is 0.986. The van der Waals surface area contributed by atoms with Gasteiger partial charge in [-0.05, 0) is 6.92 Å². The topological polar surface area (TPSA) is 104 Å². The number of rotatable bonds is 2. The van der Waals surface area contributed by atoms with Crippen LogP contribution in [0.25, 0.3) is 0 Å². The highest BCUT2D eigenvalue weighted by Crippen LogP contribution is 2.46. The van der Waals surface area contributed by atoms with E-state index in [0.717, 1.165) is 6.92 Å². The van der Waals surface area contributed by atoms with E-state index >= 15 is 0 Å². The van der Waals surface area contributed by atoms with Crippen LogP contribution in [-0.2, 0) is 4.57 Å². The normalized spacial score (nSPS) is 19.2. The van der Waals surface area contributed by atoms with Crippen LogP contribution in [0.4, 0.5) is 0 Å². The second kappa shape index (κ2) is 2.36. The number of aliphatic hydroxyl groups excluding tert-OH is 1. The molecule has 0 bridgehead atoms. The molecule has 0 saturated heterocycles. The SMILES string of the molecule is CC(N)(CO)P(=O)(O)O. The molecule has 1 unspecified atom stereocenters. The van der Waals surface area contributed by atoms with Crippen molar-refractivity contribution in [2.75, 3.05) is 6.61 Å². The van der Waals surface area contributed by atoms with Crippen LogP contribution in [0.15, 0.2) is 0 Å². The summed E-state index contributed by atoms with van der Waals surface area (Å²) in [4.78, 5) is 16.7. The van der Waals surface area contributed by atoms with Gasteiger partial charge in [0.05, 0.1) is 6.61 Å². The molecular weight excluding hydrogens is 145 g/mol. The molecule has 0 amide bonds. The minimum atomic E-state index is -4.34. The van der Waals surface area contributed by atoms with E-state index in [4.69, 9.17) is 20.6 Å². The first kappa shape index (κ1) is 9.07. The highest BCUT2D eigenvalue weighted by molar-refractivity contribution is 7.53. The maximum absolute atomic E-state index is 10.3. The Morgan fingerprint density at radius 1 is 1.67 bits per heavy atom. The molecular formula is C3H10NO4P. The van der Waals surface area contributed by atoms with Gasteiger partial charge in [0.15, 0.2) is 0 Å². The van der Waals surface area contributed by atoms with Crippen LogP contribution >= 0.6 is 7.60 Å². The van der Waals surface area contributed by atoms with Gasteiger partial charge in [0.1, 0.15) is 5.28 Å². The minimum absolute atomic E-state index is 0.725. The Balaban J connectivity index is 4.34. The molecule has 0 aromatic heterocycles. The fourth-order valence-corrected chi connectivity index (χ4v) is 0.276. The van der Waals surface area contributed by atoms with Crippen LogP contribution in [0.3, 0.4) is 0 Å². The summed E-state index contributed by atoms with van der Waals surface area (Å²) in [6.45, 7) is 0.366. The molecule has 1 atom stereocenters. The molecule has 0 saturated carbocycles. The summed E-state index contributed by atoms with van der Waals surface area (Å²) in [5.41, 5.74) is 4.98. The summed E-state index contributed by atoms with van der Waals surface area (Å²) in [7, 11) is -4.34. The van der Waals surface area contributed by atoms with Crippen LogP contribution in [0.1, 0.15) is 6.92 Å². The summed E-state index contributed by atoms with van der Waals surface area (Å²) in [5.74, 6) is 0. The minimum Gasteiger partial charge on any atom is -0.394 e. The van der Waals surface area contributed by atoms with Crippen LogP contribution in [0, 0.1) is 0 Å². The Morgan fingerprint density at radius 2 is 2.00 bits per heavy atom. The fraction of sp³-hybridized carbons (Fsp3) is 1.00. The molecule has 0 spiro atoms. The molecule has 0 radical (unpaired) electrons. The van der Waals surface area contributed by atoms with Crippen LogP contribution in [-0.4, -0.2) is 26.8 Å². The van der Waals surface area contributed by atoms with Gasteiger partial charge in [0.25, 0.3) is 0 Å². The van der Waals surface area contributed by atoms with Gasteiger partial charge >= 0.3 is 7.60 Å². The summed E-state index contributed by atoms with van der Waals surface area (Å²) in [6, 6.07) is 0. The Bertz CT molecular complexity index is 139. The molecule has 0 aliphatic rings. The lowest BCUT2D eigenvalue weighted by Gasteiger charge is -2.22. The average Bonchev–Trinajstić information content (AvgIpc) is 1.64. The second-order valence-corrected chi connectivity index (χ2v) is 4.17. The third kappa shape index (κ3) is 2.04. The molecule has 56 valence electrons. The van der Waals surface area contributed by atoms with Gasteiger partial charge < -0.3 is 20.6 Å². The zero-order valence-electron chi connectivity index (χ0n) is 4.98. The molecule has 0 aliphatic carbocycles. The first-order chi connectivity index (χ1) is 3.81. The number of hydrogen-bond acceptors (Lipinski definition) is 3. The van der Waals surface area contributed by atoms with E-state index in [0.29, 0.717) is 0 Å². The molecule has 0 aliphatic heterocycles. The van der Waals surface area contributed by atoms with Crippen molar-refractivity contribution >= 4 is 7.60 Å². The molecule has 9 heavy (non-hydrogen) atoms. The number of nitrogens with two attached hydrogens (primary N) is 1. The van der Waals surface area contributed by atoms with E-state index in [2.05, 4.69) is 0 Å². The van der Waals surface area contributed by atoms with Crippen molar-refractivity contribution in [3.8, 4) is 0 Å². The number of aliphatic hydroxyl groups is 1. The Labute approximate surface area is 52.7 Å². The van der Waals surface area contributed by atoms with Gasteiger partial charge in [-0.15, -0.1) is 0 Å². The zero-order valence-corrected chi connectivity index (χ0v) is 5.88. The van der Waals surface area contributed by atoms with E-state index < -0.39 is 19.5 Å². The van der Waals surface area contributed by atoms with E-state index in [-0.39, 0.29) is 0 Å². The first-order valence-corrected chi connectivity index (χ1v) is 3.88. The van der Waals surface area contributed by atoms with Gasteiger partial charge in [-0.2, -0.15) is 0 Å². The monoisotopic (exact) mass is 155 g/mol. The van der Waals surface area contributed by atoms with Crippen molar-refractivity contribution in [1.82, 2.24) is 0 Å². The first-order valence-electron chi connectivity index (χ1n) is 2.26. The van der Waals surface area contributed by atoms with Crippen molar-refractivity contribution in [3.05, 3.63) is 0 Å². The molecule has 6 heteroatoms. The molecule has 0 fully saturated rings. The average molecular weight is 155 g/mol. The Kier molecular flexibility index (Phi) is 2.38. The molecule has 5 nitrogen and oxygen atoms in total. The highest BCUT2D eigenvalue weighted by Gasteiger charge is 2.37. The fourth-order valence-electron chi connectivity index (χ4n) is 0.0921. The molecule has 0 rings (SSSR count). The van der Waals surface area contributed by atoms with Crippen molar-refractivity contribution in [1.29, 1.82) is 0 Å². The van der Waals surface area contributed by atoms with Crippen molar-refractivity contribution in [2.45, 2.75) is 12.2 Å². The van der Waals surface area contributed by atoms with Gasteiger partial charge in [-0.25, -0.2) is 0 Å². The van der Waals surface area contributed by atoms with E-state index in [9.17, 15) is 4.57 Å². The Hall–Kier alpha value is 0.0700. The van der Waals surface area contributed by atoms with Gasteiger partial charge in [0.2, 0.25) is 0 Å². The molecule has 0 aromatic rings. The summed E-state index contributed by atoms with van der Waals surface area (Å²) >= 11 is 0. The van der Waals surface area contributed by atoms with Crippen molar-refractivity contribution < 1.29 is 19.5 Å². The van der Waals surface area contributed by atoms with Crippen molar-refractivity contribution in [3.63, 3.8) is 0 Å². The van der Waals surface area contributed by atoms with E-state index in [1.165, 1.54) is 0 Å². The third-order valence-corrected chi connectivity index (χ3v) is 2.46. The lowest BCUT2D eigenvalue weighted by Crippen LogP contribution is -2.39. The lowest BCUT2D eigenvalue weighted by molar-refractivity contribution is 0.223. The highest BCUT2D eigenvalue weighted by atomic mass is 31.2. The van der Waals surface area contributed by atoms with E-state index in [1.54, 1.807) is 0 Å². The maximum atomic E-state index is 10.3. The second-order valence-electron chi connectivity index (χ2n) is 2.06. The van der Waals surface area contributed by atoms with Crippen LogP contribution in [0.2, 0.25) is 0 Å². The van der Waals surface area contributed by atoms with E-state index in [1.807, 2.05) is 0 Å². The van der Waals surface area contributed by atoms with Gasteiger partial charge in [0, 0.05) is 0 Å². The largest absolute Gasteiger partial charge is 0.394 e. The molecule has 5 N–H and O–H groups in total. The molecule has 0 aromatic carbocycles. The standard InChI is InChI=1S/C3H10NO4P/c1-3(4,2-5)9(6,7)8/h5H,2,4H2,1H3,(H2,6,7,8). The number of hydrogen-bond donors (Lipinski definition) is 4. The predicted octanol–water partition coefficient (Wildman–Crippen LogP) is -1.17. The maximum Gasteiger partial charge on any atom is 0.347 e. The lowest BCUT2D eigenvalue weighted by atomic mass is 10.4. The smallest absolute Gasteiger partial charge is 0.347 e. The summed E-state index contributed by atoms with van der Waals surface area (Å²) < 4.78 is 10.3. The van der Waals surface area contributed by atoms with Crippen LogP contribution < -0.4 is 5.73 Å². The molecule has 0 heterocycles. The summed E-state index contributed by atoms with van der Waals surface area (Å²) in [6.07, 6.45) is 0. The summed E-state index contributed by atoms with van der Waals surface area (Å²) in [5, 5.41) is 6.51. The van der Waals surface area contributed by atoms with Gasteiger partial charge in [-0.3, -0.25) is 4.57 Å². The Morgan fingerprint density at radius 3 is 2.00 bits per heavy atom. The zero-order chi connectivity index (χ0) is 7.71. The van der Waals surface area contributed by atoms with Crippen LogP contribution in [0.5, 0.6) is 0 Å². The quantitative estimate of drug-likeness (QED) is 0.376. The van der Waals surface area contributed by atoms with Gasteiger partial charge in [-0.1, -0.05) is 0 Å². The van der Waals surface area contributed by atoms with Crippen molar-refractivity contribution in [2.24, 2.45) is 5.73 Å².